The van der Waals surface area contributed by atoms with E-state index in [-0.39, 0.29) is 4.83 Å². The minimum Gasteiger partial charge on any atom is -0.495 e. The van der Waals surface area contributed by atoms with Gasteiger partial charge in [0.2, 0.25) is 0 Å². The molecule has 0 bridgehead atoms. The number of hydrogen-bond donors (Lipinski definition) is 0. The van der Waals surface area contributed by atoms with Crippen molar-refractivity contribution in [2.45, 2.75) is 11.2 Å². The Morgan fingerprint density at radius 2 is 1.71 bits per heavy atom. The fourth-order valence-electron chi connectivity index (χ4n) is 2.10. The van der Waals surface area contributed by atoms with Crippen molar-refractivity contribution < 1.29 is 9.47 Å². The summed E-state index contributed by atoms with van der Waals surface area (Å²) in [5.74, 6) is 1.53. The second-order valence-corrected chi connectivity index (χ2v) is 6.84. The molecule has 2 rings (SSSR count). The van der Waals surface area contributed by atoms with Crippen LogP contribution < -0.4 is 9.47 Å². The molecule has 0 N–H and O–H groups in total. The highest BCUT2D eigenvalue weighted by molar-refractivity contribution is 9.10. The van der Waals surface area contributed by atoms with E-state index in [0.29, 0.717) is 0 Å². The third-order valence-electron chi connectivity index (χ3n) is 3.18. The highest BCUT2D eigenvalue weighted by Crippen LogP contribution is 2.42. The van der Waals surface area contributed by atoms with Crippen molar-refractivity contribution in [3.63, 3.8) is 0 Å². The smallest absolute Gasteiger partial charge is 0.141 e. The van der Waals surface area contributed by atoms with E-state index in [9.17, 15) is 0 Å². The molecule has 0 aliphatic carbocycles. The minimum atomic E-state index is 0.135. The summed E-state index contributed by atoms with van der Waals surface area (Å²) in [6.07, 6.45) is 0.840. The first-order valence-corrected chi connectivity index (χ1v) is 8.44. The average Bonchev–Trinajstić information content (AvgIpc) is 2.49. The second-order valence-electron chi connectivity index (χ2n) is 4.50. The molecule has 1 unspecified atom stereocenters. The number of ether oxygens (including phenoxy) is 2. The van der Waals surface area contributed by atoms with Crippen LogP contribution in [0.2, 0.25) is 5.02 Å². The highest BCUT2D eigenvalue weighted by Gasteiger charge is 2.18. The van der Waals surface area contributed by atoms with Gasteiger partial charge in [-0.3, -0.25) is 0 Å². The normalized spacial score (nSPS) is 12.0. The molecule has 112 valence electrons. The van der Waals surface area contributed by atoms with Crippen LogP contribution in [0.4, 0.5) is 0 Å². The molecule has 0 radical (unpaired) electrons. The fraction of sp³-hybridized carbons (Fsp3) is 0.250. The first-order chi connectivity index (χ1) is 10.1. The van der Waals surface area contributed by atoms with E-state index in [1.807, 2.05) is 36.4 Å². The third kappa shape index (κ3) is 3.93. The summed E-state index contributed by atoms with van der Waals surface area (Å²) in [6.45, 7) is 0. The van der Waals surface area contributed by atoms with E-state index in [1.165, 1.54) is 5.56 Å². The monoisotopic (exact) mass is 432 g/mol. The molecule has 0 aromatic heterocycles. The van der Waals surface area contributed by atoms with Gasteiger partial charge in [-0.25, -0.2) is 0 Å². The molecule has 5 heteroatoms. The van der Waals surface area contributed by atoms with Crippen LogP contribution in [0, 0.1) is 0 Å². The Labute approximate surface area is 146 Å². The summed E-state index contributed by atoms with van der Waals surface area (Å²) in [5.41, 5.74) is 2.27. The van der Waals surface area contributed by atoms with Gasteiger partial charge in [0.05, 0.1) is 14.2 Å². The lowest BCUT2D eigenvalue weighted by molar-refractivity contribution is 0.386. The van der Waals surface area contributed by atoms with Crippen LogP contribution in [0.15, 0.2) is 40.9 Å². The Bertz CT molecular complexity index is 614. The van der Waals surface area contributed by atoms with E-state index in [0.717, 1.165) is 33.0 Å². The lowest BCUT2D eigenvalue weighted by Crippen LogP contribution is -2.00. The molecule has 1 atom stereocenters. The zero-order chi connectivity index (χ0) is 15.4. The van der Waals surface area contributed by atoms with Crippen molar-refractivity contribution in [1.29, 1.82) is 0 Å². The standard InChI is InChI=1S/C16H15Br2ClO2/c1-20-14-8-7-12(16(21-2)15(14)18)13(17)9-10-3-5-11(19)6-4-10/h3-8,13H,9H2,1-2H3. The zero-order valence-electron chi connectivity index (χ0n) is 11.7. The van der Waals surface area contributed by atoms with E-state index < -0.39 is 0 Å². The lowest BCUT2D eigenvalue weighted by Gasteiger charge is -2.17. The largest absolute Gasteiger partial charge is 0.495 e. The summed E-state index contributed by atoms with van der Waals surface area (Å²) in [6, 6.07) is 11.8. The van der Waals surface area contributed by atoms with Gasteiger partial charge < -0.3 is 9.47 Å². The van der Waals surface area contributed by atoms with Gasteiger partial charge in [0.25, 0.3) is 0 Å². The maximum Gasteiger partial charge on any atom is 0.141 e. The molecular formula is C16H15Br2ClO2. The summed E-state index contributed by atoms with van der Waals surface area (Å²) in [7, 11) is 3.30. The topological polar surface area (TPSA) is 18.5 Å². The minimum absolute atomic E-state index is 0.135. The molecule has 2 aromatic carbocycles. The number of alkyl halides is 1. The van der Waals surface area contributed by atoms with Crippen LogP contribution in [-0.2, 0) is 6.42 Å². The average molecular weight is 435 g/mol. The number of rotatable bonds is 5. The Morgan fingerprint density at radius 3 is 2.29 bits per heavy atom. The molecule has 0 spiro atoms. The summed E-state index contributed by atoms with van der Waals surface area (Å²) in [4.78, 5) is 0.135. The molecule has 0 saturated carbocycles. The van der Waals surface area contributed by atoms with Crippen LogP contribution in [-0.4, -0.2) is 14.2 Å². The van der Waals surface area contributed by atoms with Crippen LogP contribution >= 0.6 is 43.5 Å². The first kappa shape index (κ1) is 16.7. The lowest BCUT2D eigenvalue weighted by atomic mass is 10.0. The van der Waals surface area contributed by atoms with Gasteiger partial charge in [0.1, 0.15) is 16.0 Å². The van der Waals surface area contributed by atoms with Crippen LogP contribution in [0.5, 0.6) is 11.5 Å². The van der Waals surface area contributed by atoms with Gasteiger partial charge >= 0.3 is 0 Å². The van der Waals surface area contributed by atoms with Crippen LogP contribution in [0.1, 0.15) is 16.0 Å². The van der Waals surface area contributed by atoms with Gasteiger partial charge in [0.15, 0.2) is 0 Å². The molecule has 2 nitrogen and oxygen atoms in total. The zero-order valence-corrected chi connectivity index (χ0v) is 15.6. The molecule has 21 heavy (non-hydrogen) atoms. The third-order valence-corrected chi connectivity index (χ3v) is 5.00. The van der Waals surface area contributed by atoms with E-state index in [1.54, 1.807) is 14.2 Å². The van der Waals surface area contributed by atoms with Crippen molar-refractivity contribution in [2.75, 3.05) is 14.2 Å². The predicted octanol–water partition coefficient (Wildman–Crippen LogP) is 5.80. The summed E-state index contributed by atoms with van der Waals surface area (Å²) in [5, 5.41) is 0.745. The van der Waals surface area contributed by atoms with Gasteiger partial charge in [0, 0.05) is 15.4 Å². The SMILES string of the molecule is COc1ccc(C(Br)Cc2ccc(Cl)cc2)c(OC)c1Br. The maximum atomic E-state index is 5.92. The Hall–Kier alpha value is -0.710. The number of benzene rings is 2. The maximum absolute atomic E-state index is 5.92. The molecule has 0 heterocycles. The van der Waals surface area contributed by atoms with Crippen molar-refractivity contribution in [3.05, 3.63) is 57.0 Å². The highest BCUT2D eigenvalue weighted by atomic mass is 79.9. The van der Waals surface area contributed by atoms with Gasteiger partial charge in [-0.2, -0.15) is 0 Å². The molecule has 0 saturated heterocycles. The molecule has 0 aliphatic rings. The van der Waals surface area contributed by atoms with Gasteiger partial charge in [-0.1, -0.05) is 45.7 Å². The number of halogens is 3. The van der Waals surface area contributed by atoms with E-state index in [2.05, 4.69) is 31.9 Å². The Morgan fingerprint density at radius 1 is 1.05 bits per heavy atom. The quantitative estimate of drug-likeness (QED) is 0.554. The molecule has 0 fully saturated rings. The van der Waals surface area contributed by atoms with Crippen LogP contribution in [0.25, 0.3) is 0 Å². The van der Waals surface area contributed by atoms with E-state index >= 15 is 0 Å². The van der Waals surface area contributed by atoms with Crippen molar-refractivity contribution >= 4 is 43.5 Å². The first-order valence-electron chi connectivity index (χ1n) is 6.35. The van der Waals surface area contributed by atoms with Crippen LogP contribution in [0.3, 0.4) is 0 Å². The van der Waals surface area contributed by atoms with Gasteiger partial charge in [-0.15, -0.1) is 0 Å². The Kier molecular flexibility index (Phi) is 5.97. The molecule has 0 aliphatic heterocycles. The molecule has 2 aromatic rings. The van der Waals surface area contributed by atoms with Crippen molar-refractivity contribution in [1.82, 2.24) is 0 Å². The molecule has 0 amide bonds. The fourth-order valence-corrected chi connectivity index (χ4v) is 3.65. The molecular weight excluding hydrogens is 419 g/mol. The second kappa shape index (κ2) is 7.52. The number of methoxy groups -OCH3 is 2. The van der Waals surface area contributed by atoms with Crippen molar-refractivity contribution in [3.8, 4) is 11.5 Å². The predicted molar refractivity (Wildman–Crippen MR) is 94.1 cm³/mol. The summed E-state index contributed by atoms with van der Waals surface area (Å²) < 4.78 is 11.6. The van der Waals surface area contributed by atoms with Gasteiger partial charge in [-0.05, 0) is 46.1 Å². The number of hydrogen-bond acceptors (Lipinski definition) is 2. The van der Waals surface area contributed by atoms with E-state index in [4.69, 9.17) is 21.1 Å². The Balaban J connectivity index is 2.28. The van der Waals surface area contributed by atoms with Crippen molar-refractivity contribution in [2.24, 2.45) is 0 Å². The summed E-state index contributed by atoms with van der Waals surface area (Å²) >= 11 is 13.2.